The minimum atomic E-state index is 0.0347. The Bertz CT molecular complexity index is 680. The summed E-state index contributed by atoms with van der Waals surface area (Å²) < 4.78 is 7.29. The maximum Gasteiger partial charge on any atom is 0.193 e. The first-order chi connectivity index (χ1) is 12.0. The third kappa shape index (κ3) is 5.82. The number of ether oxygens (including phenoxy) is 1. The predicted molar refractivity (Wildman–Crippen MR) is 102 cm³/mol. The van der Waals surface area contributed by atoms with Crippen LogP contribution in [0, 0.1) is 6.92 Å². The van der Waals surface area contributed by atoms with Crippen LogP contribution in [0.15, 0.2) is 22.8 Å². The second-order valence-electron chi connectivity index (χ2n) is 6.02. The number of methoxy groups -OCH3 is 1. The van der Waals surface area contributed by atoms with E-state index in [1.807, 2.05) is 24.9 Å². The van der Waals surface area contributed by atoms with Crippen LogP contribution in [0.2, 0.25) is 0 Å². The van der Waals surface area contributed by atoms with E-state index in [4.69, 9.17) is 4.74 Å². The highest BCUT2D eigenvalue weighted by atomic mass is 32.1. The summed E-state index contributed by atoms with van der Waals surface area (Å²) >= 11 is 1.63. The van der Waals surface area contributed by atoms with Crippen molar-refractivity contribution < 1.29 is 4.74 Å². The number of guanidine groups is 1. The summed E-state index contributed by atoms with van der Waals surface area (Å²) in [5, 5.41) is 10.8. The SMILES string of the molecule is CN=C(NCCCn1cc(C)cn1)N(C)Cc1csc(C(C)OC)n1. The van der Waals surface area contributed by atoms with E-state index in [1.54, 1.807) is 25.5 Å². The Morgan fingerprint density at radius 1 is 1.52 bits per heavy atom. The van der Waals surface area contributed by atoms with Crippen LogP contribution < -0.4 is 5.32 Å². The van der Waals surface area contributed by atoms with Crippen molar-refractivity contribution in [3.63, 3.8) is 0 Å². The van der Waals surface area contributed by atoms with Crippen LogP contribution in [0.4, 0.5) is 0 Å². The van der Waals surface area contributed by atoms with Crippen molar-refractivity contribution in [1.29, 1.82) is 0 Å². The van der Waals surface area contributed by atoms with Crippen LogP contribution in [0.5, 0.6) is 0 Å². The highest BCUT2D eigenvalue weighted by Crippen LogP contribution is 2.20. The number of aryl methyl sites for hydroxylation is 2. The standard InChI is InChI=1S/C17H28N6OS/c1-13-9-20-23(10-13)8-6-7-19-17(18-3)22(4)11-15-12-25-16(21-15)14(2)24-5/h9-10,12,14H,6-8,11H2,1-5H3,(H,18,19). The van der Waals surface area contributed by atoms with Crippen molar-refractivity contribution in [2.45, 2.75) is 39.5 Å². The topological polar surface area (TPSA) is 67.6 Å². The van der Waals surface area contributed by atoms with Crippen LogP contribution in [-0.4, -0.2) is 53.4 Å². The molecule has 2 aromatic heterocycles. The Labute approximate surface area is 153 Å². The molecule has 1 N–H and O–H groups in total. The lowest BCUT2D eigenvalue weighted by molar-refractivity contribution is 0.119. The van der Waals surface area contributed by atoms with E-state index < -0.39 is 0 Å². The Morgan fingerprint density at radius 2 is 2.32 bits per heavy atom. The van der Waals surface area contributed by atoms with E-state index in [0.717, 1.165) is 36.2 Å². The van der Waals surface area contributed by atoms with Gasteiger partial charge in [-0.3, -0.25) is 9.67 Å². The van der Waals surface area contributed by atoms with Crippen molar-refractivity contribution in [1.82, 2.24) is 25.0 Å². The van der Waals surface area contributed by atoms with Gasteiger partial charge in [-0.05, 0) is 25.8 Å². The van der Waals surface area contributed by atoms with E-state index >= 15 is 0 Å². The predicted octanol–water partition coefficient (Wildman–Crippen LogP) is 2.45. The van der Waals surface area contributed by atoms with Gasteiger partial charge in [-0.2, -0.15) is 5.10 Å². The molecule has 2 aromatic rings. The summed E-state index contributed by atoms with van der Waals surface area (Å²) in [5.41, 5.74) is 2.22. The molecular formula is C17H28N6OS. The van der Waals surface area contributed by atoms with Crippen molar-refractivity contribution in [3.05, 3.63) is 34.0 Å². The number of hydrogen-bond donors (Lipinski definition) is 1. The van der Waals surface area contributed by atoms with Crippen LogP contribution in [0.1, 0.15) is 35.7 Å². The number of thiazole rings is 1. The molecule has 1 unspecified atom stereocenters. The van der Waals surface area contributed by atoms with Gasteiger partial charge in [0.25, 0.3) is 0 Å². The quantitative estimate of drug-likeness (QED) is 0.443. The maximum atomic E-state index is 5.32. The average Bonchev–Trinajstić information content (AvgIpc) is 3.23. The molecule has 0 aromatic carbocycles. The lowest BCUT2D eigenvalue weighted by Crippen LogP contribution is -2.39. The third-order valence-electron chi connectivity index (χ3n) is 3.85. The summed E-state index contributed by atoms with van der Waals surface area (Å²) in [5.74, 6) is 0.867. The zero-order valence-electron chi connectivity index (χ0n) is 15.7. The van der Waals surface area contributed by atoms with Gasteiger partial charge in [-0.1, -0.05) is 0 Å². The Kier molecular flexibility index (Phi) is 7.39. The average molecular weight is 365 g/mol. The minimum absolute atomic E-state index is 0.0347. The number of hydrogen-bond acceptors (Lipinski definition) is 5. The van der Waals surface area contributed by atoms with Gasteiger partial charge >= 0.3 is 0 Å². The maximum absolute atomic E-state index is 5.32. The second-order valence-corrected chi connectivity index (χ2v) is 6.91. The zero-order chi connectivity index (χ0) is 18.2. The van der Waals surface area contributed by atoms with Gasteiger partial charge in [0, 0.05) is 45.9 Å². The number of nitrogens with zero attached hydrogens (tertiary/aromatic N) is 5. The molecule has 0 amide bonds. The fourth-order valence-corrected chi connectivity index (χ4v) is 3.26. The van der Waals surface area contributed by atoms with Gasteiger partial charge in [0.2, 0.25) is 0 Å². The molecule has 0 fully saturated rings. The zero-order valence-corrected chi connectivity index (χ0v) is 16.5. The first kappa shape index (κ1) is 19.4. The highest BCUT2D eigenvalue weighted by Gasteiger charge is 2.12. The van der Waals surface area contributed by atoms with E-state index in [2.05, 4.69) is 43.8 Å². The summed E-state index contributed by atoms with van der Waals surface area (Å²) in [6, 6.07) is 0. The number of aliphatic imine (C=N–C) groups is 1. The highest BCUT2D eigenvalue weighted by molar-refractivity contribution is 7.09. The van der Waals surface area contributed by atoms with Crippen molar-refractivity contribution >= 4 is 17.3 Å². The van der Waals surface area contributed by atoms with E-state index in [0.29, 0.717) is 6.54 Å². The molecule has 0 saturated heterocycles. The molecule has 2 heterocycles. The first-order valence-electron chi connectivity index (χ1n) is 8.41. The van der Waals surface area contributed by atoms with Gasteiger partial charge in [-0.15, -0.1) is 11.3 Å². The van der Waals surface area contributed by atoms with Gasteiger partial charge in [0.1, 0.15) is 11.1 Å². The molecule has 0 bridgehead atoms. The fraction of sp³-hybridized carbons (Fsp3) is 0.588. The lowest BCUT2D eigenvalue weighted by Gasteiger charge is -2.21. The van der Waals surface area contributed by atoms with Crippen LogP contribution in [0.25, 0.3) is 0 Å². The molecular weight excluding hydrogens is 336 g/mol. The molecule has 25 heavy (non-hydrogen) atoms. The molecule has 0 radical (unpaired) electrons. The molecule has 0 saturated carbocycles. The molecule has 7 nitrogen and oxygen atoms in total. The molecule has 0 aliphatic rings. The smallest absolute Gasteiger partial charge is 0.193 e. The van der Waals surface area contributed by atoms with Crippen LogP contribution in [-0.2, 0) is 17.8 Å². The van der Waals surface area contributed by atoms with Crippen molar-refractivity contribution in [2.75, 3.05) is 27.7 Å². The van der Waals surface area contributed by atoms with Gasteiger partial charge in [0.05, 0.1) is 18.4 Å². The fourth-order valence-electron chi connectivity index (χ4n) is 2.42. The van der Waals surface area contributed by atoms with Gasteiger partial charge in [0.15, 0.2) is 5.96 Å². The lowest BCUT2D eigenvalue weighted by atomic mass is 10.4. The van der Waals surface area contributed by atoms with E-state index in [-0.39, 0.29) is 6.10 Å². The summed E-state index contributed by atoms with van der Waals surface area (Å²) in [4.78, 5) is 11.1. The van der Waals surface area contributed by atoms with Gasteiger partial charge in [-0.25, -0.2) is 4.98 Å². The molecule has 0 aliphatic heterocycles. The van der Waals surface area contributed by atoms with Crippen molar-refractivity contribution in [3.8, 4) is 0 Å². The Hall–Kier alpha value is -1.93. The largest absolute Gasteiger partial charge is 0.375 e. The van der Waals surface area contributed by atoms with Crippen molar-refractivity contribution in [2.24, 2.45) is 4.99 Å². The molecule has 2 rings (SSSR count). The molecule has 8 heteroatoms. The molecule has 0 spiro atoms. The van der Waals surface area contributed by atoms with Crippen LogP contribution >= 0.6 is 11.3 Å². The van der Waals surface area contributed by atoms with Crippen LogP contribution in [0.3, 0.4) is 0 Å². The summed E-state index contributed by atoms with van der Waals surface area (Å²) in [7, 11) is 5.52. The normalized spacial score (nSPS) is 13.1. The number of aromatic nitrogens is 3. The Balaban J connectivity index is 1.78. The Morgan fingerprint density at radius 3 is 2.96 bits per heavy atom. The first-order valence-corrected chi connectivity index (χ1v) is 9.29. The van der Waals surface area contributed by atoms with E-state index in [9.17, 15) is 0 Å². The molecule has 1 atom stereocenters. The third-order valence-corrected chi connectivity index (χ3v) is 4.91. The summed E-state index contributed by atoms with van der Waals surface area (Å²) in [6.45, 7) is 6.51. The second kappa shape index (κ2) is 9.53. The minimum Gasteiger partial charge on any atom is -0.375 e. The molecule has 138 valence electrons. The molecule has 0 aliphatic carbocycles. The van der Waals surface area contributed by atoms with E-state index in [1.165, 1.54) is 5.56 Å². The number of rotatable bonds is 8. The van der Waals surface area contributed by atoms with Gasteiger partial charge < -0.3 is 15.0 Å². The summed E-state index contributed by atoms with van der Waals surface area (Å²) in [6.07, 6.45) is 4.96. The number of nitrogens with one attached hydrogen (secondary N) is 1. The monoisotopic (exact) mass is 364 g/mol.